The number of carboxylic acid groups (broad SMARTS) is 1. The summed E-state index contributed by atoms with van der Waals surface area (Å²) < 4.78 is 10.9. The van der Waals surface area contributed by atoms with Gasteiger partial charge in [0, 0.05) is 0 Å². The van der Waals surface area contributed by atoms with Crippen molar-refractivity contribution in [3.05, 3.63) is 24.3 Å². The van der Waals surface area contributed by atoms with Crippen molar-refractivity contribution >= 4 is 11.9 Å². The molecular weight excluding hydrogens is 226 g/mol. The third-order valence-corrected chi connectivity index (χ3v) is 2.24. The molecule has 90 valence electrons. The van der Waals surface area contributed by atoms with E-state index >= 15 is 0 Å². The molecule has 0 unspecified atom stereocenters. The molecule has 6 heteroatoms. The Morgan fingerprint density at radius 2 is 2.06 bits per heavy atom. The maximum atomic E-state index is 10.8. The fourth-order valence-corrected chi connectivity index (χ4v) is 1.44. The van der Waals surface area contributed by atoms with Crippen LogP contribution in [0.2, 0.25) is 0 Å². The number of aliphatic carboxylic acids is 1. The van der Waals surface area contributed by atoms with E-state index in [2.05, 4.69) is 5.32 Å². The summed E-state index contributed by atoms with van der Waals surface area (Å²) in [5, 5.41) is 12.4. The fourth-order valence-electron chi connectivity index (χ4n) is 1.44. The molecule has 0 radical (unpaired) electrons. The van der Waals surface area contributed by atoms with E-state index in [0.717, 1.165) is 0 Å². The van der Waals surface area contributed by atoms with Crippen LogP contribution in [0, 0.1) is 0 Å². The quantitative estimate of drug-likeness (QED) is 0.644. The van der Waals surface area contributed by atoms with Gasteiger partial charge in [0.2, 0.25) is 0 Å². The number of fused-ring (bicyclic) bond motifs is 1. The lowest BCUT2D eigenvalue weighted by Crippen LogP contribution is -2.46. The minimum absolute atomic E-state index is 0.0567. The molecule has 6 nitrogen and oxygen atoms in total. The Bertz CT molecular complexity index is 445. The van der Waals surface area contributed by atoms with Gasteiger partial charge in [-0.15, -0.1) is 0 Å². The Balaban J connectivity index is 1.90. The van der Waals surface area contributed by atoms with Crippen molar-refractivity contribution in [2.24, 2.45) is 0 Å². The first kappa shape index (κ1) is 11.3. The molecule has 2 rings (SSSR count). The molecular formula is C11H10NO5-. The van der Waals surface area contributed by atoms with Gasteiger partial charge >= 0.3 is 0 Å². The fraction of sp³-hybridized carbons (Fsp3) is 0.273. The average Bonchev–Trinajstić information content (AvgIpc) is 2.35. The molecule has 1 aliphatic heterocycles. The second kappa shape index (κ2) is 4.73. The van der Waals surface area contributed by atoms with Gasteiger partial charge in [0.05, 0.1) is 6.54 Å². The van der Waals surface area contributed by atoms with Crippen LogP contribution in [0.4, 0.5) is 0 Å². The number of benzene rings is 1. The highest BCUT2D eigenvalue weighted by molar-refractivity contribution is 6.30. The molecule has 0 saturated heterocycles. The SMILES string of the molecule is O=C([O-])C(=O)NC[C@H]1COc2ccccc2O1. The van der Waals surface area contributed by atoms with Crippen LogP contribution in [0.25, 0.3) is 0 Å². The Kier molecular flexibility index (Phi) is 3.13. The van der Waals surface area contributed by atoms with Crippen molar-refractivity contribution in [1.82, 2.24) is 5.32 Å². The molecule has 0 fully saturated rings. The van der Waals surface area contributed by atoms with Crippen molar-refractivity contribution in [3.8, 4) is 11.5 Å². The maximum Gasteiger partial charge on any atom is 0.267 e. The van der Waals surface area contributed by atoms with Crippen LogP contribution in [-0.4, -0.2) is 31.1 Å². The number of para-hydroxylation sites is 2. The zero-order chi connectivity index (χ0) is 12.3. The predicted molar refractivity (Wildman–Crippen MR) is 54.4 cm³/mol. The Morgan fingerprint density at radius 3 is 2.76 bits per heavy atom. The van der Waals surface area contributed by atoms with Crippen LogP contribution >= 0.6 is 0 Å². The number of ether oxygens (including phenoxy) is 2. The summed E-state index contributed by atoms with van der Waals surface area (Å²) in [4.78, 5) is 20.9. The van der Waals surface area contributed by atoms with E-state index in [4.69, 9.17) is 9.47 Å². The van der Waals surface area contributed by atoms with E-state index in [9.17, 15) is 14.7 Å². The number of hydrogen-bond acceptors (Lipinski definition) is 5. The highest BCUT2D eigenvalue weighted by Gasteiger charge is 2.20. The lowest BCUT2D eigenvalue weighted by Gasteiger charge is -2.26. The first-order valence-corrected chi connectivity index (χ1v) is 5.04. The van der Waals surface area contributed by atoms with Crippen molar-refractivity contribution < 1.29 is 24.2 Å². The molecule has 1 N–H and O–H groups in total. The minimum atomic E-state index is -1.76. The summed E-state index contributed by atoms with van der Waals surface area (Å²) in [5.74, 6) is -1.71. The zero-order valence-electron chi connectivity index (χ0n) is 8.84. The molecule has 0 bridgehead atoms. The number of carbonyl (C=O) groups excluding carboxylic acids is 2. The summed E-state index contributed by atoms with van der Waals surface area (Å²) >= 11 is 0. The van der Waals surface area contributed by atoms with Gasteiger partial charge < -0.3 is 24.7 Å². The van der Waals surface area contributed by atoms with Gasteiger partial charge in [0.1, 0.15) is 18.7 Å². The Morgan fingerprint density at radius 1 is 1.35 bits per heavy atom. The Hall–Kier alpha value is -2.24. The van der Waals surface area contributed by atoms with Crippen LogP contribution in [0.5, 0.6) is 11.5 Å². The van der Waals surface area contributed by atoms with E-state index < -0.39 is 18.0 Å². The van der Waals surface area contributed by atoms with Gasteiger partial charge in [0.15, 0.2) is 11.5 Å². The number of nitrogens with one attached hydrogen (secondary N) is 1. The minimum Gasteiger partial charge on any atom is -0.540 e. The van der Waals surface area contributed by atoms with Crippen LogP contribution in [0.1, 0.15) is 0 Å². The Labute approximate surface area is 97.1 Å². The monoisotopic (exact) mass is 236 g/mol. The molecule has 0 saturated carbocycles. The summed E-state index contributed by atoms with van der Waals surface area (Å²) in [5.41, 5.74) is 0. The first-order chi connectivity index (χ1) is 8.16. The molecule has 1 aromatic carbocycles. The van der Waals surface area contributed by atoms with Gasteiger partial charge in [0.25, 0.3) is 5.91 Å². The van der Waals surface area contributed by atoms with E-state index in [1.165, 1.54) is 0 Å². The van der Waals surface area contributed by atoms with Crippen LogP contribution in [-0.2, 0) is 9.59 Å². The van der Waals surface area contributed by atoms with Gasteiger partial charge in [-0.2, -0.15) is 0 Å². The highest BCUT2D eigenvalue weighted by Crippen LogP contribution is 2.30. The maximum absolute atomic E-state index is 10.8. The van der Waals surface area contributed by atoms with E-state index in [1.54, 1.807) is 18.2 Å². The van der Waals surface area contributed by atoms with Crippen LogP contribution in [0.15, 0.2) is 24.3 Å². The zero-order valence-corrected chi connectivity index (χ0v) is 8.84. The molecule has 1 heterocycles. The summed E-state index contributed by atoms with van der Waals surface area (Å²) in [6, 6.07) is 7.12. The van der Waals surface area contributed by atoms with E-state index in [0.29, 0.717) is 11.5 Å². The molecule has 0 spiro atoms. The number of carboxylic acids is 1. The highest BCUT2D eigenvalue weighted by atomic mass is 16.6. The molecule has 1 aliphatic rings. The van der Waals surface area contributed by atoms with Crippen molar-refractivity contribution in [3.63, 3.8) is 0 Å². The standard InChI is InChI=1S/C11H11NO5/c13-10(11(14)15)12-5-7-6-16-8-3-1-2-4-9(8)17-7/h1-4,7H,5-6H2,(H,12,13)(H,14,15)/p-1/t7-/m0/s1. The lowest BCUT2D eigenvalue weighted by atomic mass is 10.2. The average molecular weight is 236 g/mol. The second-order valence-corrected chi connectivity index (χ2v) is 3.50. The third kappa shape index (κ3) is 2.66. The largest absolute Gasteiger partial charge is 0.540 e. The normalized spacial score (nSPS) is 17.3. The van der Waals surface area contributed by atoms with Crippen molar-refractivity contribution in [2.75, 3.05) is 13.2 Å². The van der Waals surface area contributed by atoms with Crippen LogP contribution < -0.4 is 19.9 Å². The number of rotatable bonds is 2. The number of amides is 1. The second-order valence-electron chi connectivity index (χ2n) is 3.50. The van der Waals surface area contributed by atoms with Gasteiger partial charge in [-0.25, -0.2) is 0 Å². The third-order valence-electron chi connectivity index (χ3n) is 2.24. The predicted octanol–water partition coefficient (Wildman–Crippen LogP) is -1.31. The molecule has 1 amide bonds. The summed E-state index contributed by atoms with van der Waals surface area (Å²) in [6.45, 7) is 0.311. The summed E-state index contributed by atoms with van der Waals surface area (Å²) in [6.07, 6.45) is -0.409. The van der Waals surface area contributed by atoms with E-state index in [-0.39, 0.29) is 13.2 Å². The lowest BCUT2D eigenvalue weighted by molar-refractivity contribution is -0.300. The van der Waals surface area contributed by atoms with Gasteiger partial charge in [-0.1, -0.05) is 12.1 Å². The molecule has 0 aromatic heterocycles. The smallest absolute Gasteiger partial charge is 0.267 e. The molecule has 1 aromatic rings. The number of hydrogen-bond donors (Lipinski definition) is 1. The number of carbonyl (C=O) groups is 2. The first-order valence-electron chi connectivity index (χ1n) is 5.04. The molecule has 1 atom stereocenters. The van der Waals surface area contributed by atoms with Gasteiger partial charge in [-0.3, -0.25) is 4.79 Å². The summed E-state index contributed by atoms with van der Waals surface area (Å²) in [7, 11) is 0. The van der Waals surface area contributed by atoms with Crippen molar-refractivity contribution in [1.29, 1.82) is 0 Å². The molecule has 0 aliphatic carbocycles. The van der Waals surface area contributed by atoms with Crippen LogP contribution in [0.3, 0.4) is 0 Å². The topological polar surface area (TPSA) is 87.7 Å². The van der Waals surface area contributed by atoms with Gasteiger partial charge in [-0.05, 0) is 12.1 Å². The molecule has 17 heavy (non-hydrogen) atoms. The van der Waals surface area contributed by atoms with Crippen molar-refractivity contribution in [2.45, 2.75) is 6.10 Å². The van der Waals surface area contributed by atoms with E-state index in [1.807, 2.05) is 6.07 Å².